The predicted octanol–water partition coefficient (Wildman–Crippen LogP) is 8.96. The second-order valence-electron chi connectivity index (χ2n) is 10.4. The number of nitrogens with zero attached hydrogens (tertiary/aromatic N) is 1. The normalized spacial score (nSPS) is 24.0. The van der Waals surface area contributed by atoms with Gasteiger partial charge in [0, 0.05) is 0 Å². The quantitative estimate of drug-likeness (QED) is 0.228. The van der Waals surface area contributed by atoms with Gasteiger partial charge in [-0.2, -0.15) is 0 Å². The van der Waals surface area contributed by atoms with Crippen LogP contribution >= 0.6 is 30.5 Å². The van der Waals surface area contributed by atoms with Gasteiger partial charge in [0.05, 0.1) is 0 Å². The molecular formula is C26H42Cl2NP. The van der Waals surface area contributed by atoms with Crippen LogP contribution in [0.5, 0.6) is 0 Å². The van der Waals surface area contributed by atoms with E-state index in [1.165, 1.54) is 102 Å². The van der Waals surface area contributed by atoms with Crippen molar-refractivity contribution in [2.24, 2.45) is 0 Å². The minimum atomic E-state index is -2.11. The van der Waals surface area contributed by atoms with Crippen molar-refractivity contribution in [3.8, 4) is 0 Å². The van der Waals surface area contributed by atoms with Crippen molar-refractivity contribution >= 4 is 36.2 Å². The van der Waals surface area contributed by atoms with E-state index in [9.17, 15) is 0 Å². The Labute approximate surface area is 195 Å². The van der Waals surface area contributed by atoms with Crippen molar-refractivity contribution in [3.05, 3.63) is 30.3 Å². The third kappa shape index (κ3) is 4.30. The second kappa shape index (κ2) is 10.3. The average molecular weight is 471 g/mol. The van der Waals surface area contributed by atoms with Gasteiger partial charge in [-0.25, -0.2) is 0 Å². The molecule has 0 spiro atoms. The van der Waals surface area contributed by atoms with E-state index in [-0.39, 0.29) is 0 Å². The number of hydrogen-bond donors (Lipinski definition) is 0. The number of halogens is 2. The van der Waals surface area contributed by atoms with Crippen LogP contribution in [-0.4, -0.2) is 28.2 Å². The van der Waals surface area contributed by atoms with Gasteiger partial charge in [0.25, 0.3) is 0 Å². The molecule has 3 fully saturated rings. The number of para-hydroxylation sites is 1. The fourth-order valence-electron chi connectivity index (χ4n) is 7.58. The van der Waals surface area contributed by atoms with Crippen LogP contribution in [-0.2, 0) is 0 Å². The minimum absolute atomic E-state index is 0.736. The van der Waals surface area contributed by atoms with Gasteiger partial charge in [0.2, 0.25) is 0 Å². The summed E-state index contributed by atoms with van der Waals surface area (Å²) in [6.07, 6.45) is 20.8. The van der Waals surface area contributed by atoms with E-state index in [2.05, 4.69) is 42.3 Å². The standard InChI is InChI=1S/C26H42Cl2NP/c1-29(22-14-6-2-7-15-22)26(27,28)30(23-16-8-3-9-17-23,24-18-10-4-11-19-24)25-20-12-5-13-21-25/h2,6-7,14-15,23-25,30H,3-5,8-13,16-21H2,1H3. The topological polar surface area (TPSA) is 3.24 Å². The molecule has 1 nitrogen and oxygen atoms in total. The van der Waals surface area contributed by atoms with Crippen molar-refractivity contribution in [1.29, 1.82) is 0 Å². The molecule has 0 amide bonds. The van der Waals surface area contributed by atoms with Crippen molar-refractivity contribution in [3.63, 3.8) is 0 Å². The summed E-state index contributed by atoms with van der Waals surface area (Å²) in [5, 5.41) is 0. The first-order chi connectivity index (χ1) is 14.6. The molecule has 1 aromatic rings. The van der Waals surface area contributed by atoms with Crippen LogP contribution < -0.4 is 4.90 Å². The van der Waals surface area contributed by atoms with Crippen LogP contribution in [0.2, 0.25) is 0 Å². The summed E-state index contributed by atoms with van der Waals surface area (Å²) in [5.74, 6) is 0. The van der Waals surface area contributed by atoms with Crippen molar-refractivity contribution in [1.82, 2.24) is 0 Å². The Balaban J connectivity index is 1.82. The van der Waals surface area contributed by atoms with Crippen LogP contribution in [0.1, 0.15) is 96.3 Å². The second-order valence-corrected chi connectivity index (χ2v) is 17.3. The molecule has 0 aromatic heterocycles. The van der Waals surface area contributed by atoms with E-state index >= 15 is 0 Å². The van der Waals surface area contributed by atoms with E-state index < -0.39 is 11.5 Å². The Morgan fingerprint density at radius 1 is 0.667 bits per heavy atom. The van der Waals surface area contributed by atoms with Gasteiger partial charge in [0.15, 0.2) is 0 Å². The van der Waals surface area contributed by atoms with Gasteiger partial charge in [-0.05, 0) is 0 Å². The first-order valence-corrected chi connectivity index (χ1v) is 15.7. The Kier molecular flexibility index (Phi) is 7.97. The van der Waals surface area contributed by atoms with Gasteiger partial charge in [-0.15, -0.1) is 0 Å². The molecule has 3 saturated carbocycles. The molecule has 4 heteroatoms. The predicted molar refractivity (Wildman–Crippen MR) is 138 cm³/mol. The monoisotopic (exact) mass is 469 g/mol. The summed E-state index contributed by atoms with van der Waals surface area (Å²) in [6, 6.07) is 10.7. The maximum atomic E-state index is 7.80. The summed E-state index contributed by atoms with van der Waals surface area (Å²) in [5.41, 5.74) is 3.55. The first-order valence-electron chi connectivity index (χ1n) is 12.7. The summed E-state index contributed by atoms with van der Waals surface area (Å²) in [7, 11) is 0.0764. The zero-order valence-electron chi connectivity index (χ0n) is 18.9. The van der Waals surface area contributed by atoms with E-state index in [0.29, 0.717) is 0 Å². The molecule has 3 aliphatic carbocycles. The van der Waals surface area contributed by atoms with Gasteiger partial charge in [-0.3, -0.25) is 0 Å². The fraction of sp³-hybridized carbons (Fsp3) is 0.769. The van der Waals surface area contributed by atoms with E-state index in [0.717, 1.165) is 17.0 Å². The molecule has 30 heavy (non-hydrogen) atoms. The van der Waals surface area contributed by atoms with Crippen LogP contribution in [0, 0.1) is 0 Å². The molecule has 170 valence electrons. The zero-order valence-corrected chi connectivity index (χ0v) is 21.4. The van der Waals surface area contributed by atoms with Crippen molar-refractivity contribution in [2.45, 2.75) is 117 Å². The first kappa shape index (κ1) is 23.2. The molecule has 0 radical (unpaired) electrons. The number of rotatable bonds is 6. The van der Waals surface area contributed by atoms with Crippen molar-refractivity contribution in [2.75, 3.05) is 11.9 Å². The van der Waals surface area contributed by atoms with Crippen molar-refractivity contribution < 1.29 is 0 Å². The number of benzene rings is 1. The van der Waals surface area contributed by atoms with Crippen LogP contribution in [0.3, 0.4) is 0 Å². The van der Waals surface area contributed by atoms with Crippen LogP contribution in [0.25, 0.3) is 0 Å². The zero-order chi connectivity index (χ0) is 21.0. The molecule has 0 N–H and O–H groups in total. The fourth-order valence-corrected chi connectivity index (χ4v) is 18.8. The Bertz CT molecular complexity index is 601. The van der Waals surface area contributed by atoms with E-state index in [1.807, 2.05) is 0 Å². The number of alkyl halides is 2. The number of hydrogen-bond acceptors (Lipinski definition) is 1. The molecule has 0 atom stereocenters. The molecule has 0 saturated heterocycles. The third-order valence-corrected chi connectivity index (χ3v) is 18.6. The average Bonchev–Trinajstić information content (AvgIpc) is 2.81. The molecule has 0 aliphatic heterocycles. The Morgan fingerprint density at radius 2 is 1.03 bits per heavy atom. The van der Waals surface area contributed by atoms with Gasteiger partial charge in [-0.1, -0.05) is 0 Å². The SMILES string of the molecule is CN(c1ccccc1)C(Cl)(Cl)[PH](C1CCCCC1)(C1CCCCC1)C1CCCCC1. The molecule has 1 aromatic carbocycles. The molecule has 0 bridgehead atoms. The molecule has 0 heterocycles. The van der Waals surface area contributed by atoms with Gasteiger partial charge in [0.1, 0.15) is 0 Å². The Morgan fingerprint density at radius 3 is 1.40 bits per heavy atom. The van der Waals surface area contributed by atoms with Crippen LogP contribution in [0.15, 0.2) is 30.3 Å². The third-order valence-electron chi connectivity index (χ3n) is 8.93. The van der Waals surface area contributed by atoms with Crippen LogP contribution in [0.4, 0.5) is 5.69 Å². The molecule has 4 rings (SSSR count). The Hall–Kier alpha value is 0.0300. The summed E-state index contributed by atoms with van der Waals surface area (Å²) in [4.78, 5) is 2.31. The van der Waals surface area contributed by atoms with E-state index in [1.54, 1.807) is 0 Å². The molecular weight excluding hydrogens is 428 g/mol. The van der Waals surface area contributed by atoms with Gasteiger partial charge < -0.3 is 0 Å². The summed E-state index contributed by atoms with van der Waals surface area (Å²) >= 11 is 15.6. The maximum absolute atomic E-state index is 7.80. The summed E-state index contributed by atoms with van der Waals surface area (Å²) < 4.78 is -0.736. The van der Waals surface area contributed by atoms with E-state index in [4.69, 9.17) is 23.2 Å². The number of anilines is 1. The molecule has 3 aliphatic rings. The molecule has 0 unspecified atom stereocenters. The summed E-state index contributed by atoms with van der Waals surface area (Å²) in [6.45, 7) is 0. The van der Waals surface area contributed by atoms with Gasteiger partial charge >= 0.3 is 196 Å².